The van der Waals surface area contributed by atoms with Gasteiger partial charge >= 0.3 is 12.5 Å². The number of hydrogen-bond acceptors (Lipinski definition) is 5. The van der Waals surface area contributed by atoms with Gasteiger partial charge in [0.05, 0.1) is 18.5 Å². The monoisotopic (exact) mass is 560 g/mol. The molecule has 1 aliphatic heterocycles. The fourth-order valence-electron chi connectivity index (χ4n) is 4.36. The van der Waals surface area contributed by atoms with Crippen LogP contribution in [-0.2, 0) is 21.7 Å². The van der Waals surface area contributed by atoms with E-state index in [0.717, 1.165) is 29.8 Å². The molecule has 0 aromatic heterocycles. The van der Waals surface area contributed by atoms with Gasteiger partial charge in [-0.2, -0.15) is 0 Å². The molecule has 1 N–H and O–H groups in total. The highest BCUT2D eigenvalue weighted by molar-refractivity contribution is 6.30. The molecule has 2 amide bonds. The molecular formula is C28H24ClF3N2O5. The third-order valence-electron chi connectivity index (χ3n) is 6.24. The second-order valence-electron chi connectivity index (χ2n) is 9.02. The van der Waals surface area contributed by atoms with Crippen LogP contribution in [0, 0.1) is 0 Å². The summed E-state index contributed by atoms with van der Waals surface area (Å²) in [5.41, 5.74) is 0.578. The van der Waals surface area contributed by atoms with Crippen molar-refractivity contribution in [3.63, 3.8) is 0 Å². The number of ketones is 1. The number of nitrogens with zero attached hydrogens (tertiary/aromatic N) is 1. The minimum atomic E-state index is -4.86. The van der Waals surface area contributed by atoms with Gasteiger partial charge in [-0.15, -0.1) is 13.2 Å². The molecule has 1 heterocycles. The SMILES string of the molecule is O=C(CC(=O)c1ccc(OC(F)(F)F)cc1)NC1(c2ccc(Cl)cc2)CCN(C(=O)OCc2ccccc2)C1. The summed E-state index contributed by atoms with van der Waals surface area (Å²) in [4.78, 5) is 40.0. The fraction of sp³-hybridized carbons (Fsp3) is 0.250. The van der Waals surface area contributed by atoms with Crippen molar-refractivity contribution in [2.45, 2.75) is 31.3 Å². The van der Waals surface area contributed by atoms with Crippen LogP contribution in [0.4, 0.5) is 18.0 Å². The van der Waals surface area contributed by atoms with Crippen molar-refractivity contribution in [1.29, 1.82) is 0 Å². The van der Waals surface area contributed by atoms with Gasteiger partial charge in [-0.05, 0) is 53.9 Å². The molecule has 4 rings (SSSR count). The molecule has 1 aliphatic rings. The van der Waals surface area contributed by atoms with E-state index in [9.17, 15) is 27.6 Å². The van der Waals surface area contributed by atoms with Gasteiger partial charge in [0, 0.05) is 17.1 Å². The number of carbonyl (C=O) groups excluding carboxylic acids is 3. The Balaban J connectivity index is 1.44. The Morgan fingerprint density at radius 1 is 0.949 bits per heavy atom. The van der Waals surface area contributed by atoms with E-state index in [1.54, 1.807) is 24.3 Å². The Hall–Kier alpha value is -4.05. The van der Waals surface area contributed by atoms with Gasteiger partial charge in [0.15, 0.2) is 5.78 Å². The molecule has 0 aliphatic carbocycles. The van der Waals surface area contributed by atoms with Gasteiger partial charge in [-0.1, -0.05) is 54.1 Å². The first-order valence-corrected chi connectivity index (χ1v) is 12.3. The van der Waals surface area contributed by atoms with Crippen LogP contribution in [-0.4, -0.2) is 42.1 Å². The van der Waals surface area contributed by atoms with Crippen LogP contribution >= 0.6 is 11.6 Å². The maximum Gasteiger partial charge on any atom is 0.573 e. The van der Waals surface area contributed by atoms with E-state index in [0.29, 0.717) is 23.6 Å². The van der Waals surface area contributed by atoms with Gasteiger partial charge in [-0.25, -0.2) is 4.79 Å². The smallest absolute Gasteiger partial charge is 0.445 e. The van der Waals surface area contributed by atoms with Crippen LogP contribution in [0.5, 0.6) is 5.75 Å². The minimum absolute atomic E-state index is 0.0535. The summed E-state index contributed by atoms with van der Waals surface area (Å²) in [6.07, 6.45) is -5.59. The third kappa shape index (κ3) is 7.51. The quantitative estimate of drug-likeness (QED) is 0.275. The second kappa shape index (κ2) is 11.8. The van der Waals surface area contributed by atoms with Crippen LogP contribution in [0.15, 0.2) is 78.9 Å². The first-order chi connectivity index (χ1) is 18.5. The molecule has 3 aromatic carbocycles. The summed E-state index contributed by atoms with van der Waals surface area (Å²) in [5, 5.41) is 3.40. The maximum atomic E-state index is 13.0. The Bertz CT molecular complexity index is 1320. The van der Waals surface area contributed by atoms with Crippen LogP contribution in [0.2, 0.25) is 5.02 Å². The molecule has 11 heteroatoms. The third-order valence-corrected chi connectivity index (χ3v) is 6.49. The summed E-state index contributed by atoms with van der Waals surface area (Å²) in [6, 6.07) is 20.3. The Kier molecular flexibility index (Phi) is 8.44. The molecule has 3 aromatic rings. The average molecular weight is 561 g/mol. The number of carbonyl (C=O) groups is 3. The molecule has 0 saturated carbocycles. The number of rotatable bonds is 8. The van der Waals surface area contributed by atoms with Gasteiger partial charge in [0.1, 0.15) is 12.4 Å². The number of alkyl halides is 3. The summed E-state index contributed by atoms with van der Waals surface area (Å²) in [5.74, 6) is -1.67. The highest BCUT2D eigenvalue weighted by Crippen LogP contribution is 2.34. The normalized spacial score (nSPS) is 17.0. The molecule has 39 heavy (non-hydrogen) atoms. The first-order valence-electron chi connectivity index (χ1n) is 11.9. The predicted octanol–water partition coefficient (Wildman–Crippen LogP) is 5.87. The molecule has 7 nitrogen and oxygen atoms in total. The summed E-state index contributed by atoms with van der Waals surface area (Å²) >= 11 is 6.04. The van der Waals surface area contributed by atoms with E-state index >= 15 is 0 Å². The fourth-order valence-corrected chi connectivity index (χ4v) is 4.48. The highest BCUT2D eigenvalue weighted by atomic mass is 35.5. The molecule has 1 fully saturated rings. The van der Waals surface area contributed by atoms with Crippen LogP contribution in [0.1, 0.15) is 34.3 Å². The van der Waals surface area contributed by atoms with Crippen LogP contribution in [0.25, 0.3) is 0 Å². The molecule has 204 valence electrons. The number of halogens is 4. The minimum Gasteiger partial charge on any atom is -0.445 e. The van der Waals surface area contributed by atoms with Crippen molar-refractivity contribution in [3.8, 4) is 5.75 Å². The summed E-state index contributed by atoms with van der Waals surface area (Å²) < 4.78 is 46.4. The average Bonchev–Trinajstić information content (AvgIpc) is 3.32. The van der Waals surface area contributed by atoms with Gasteiger partial charge in [-0.3, -0.25) is 9.59 Å². The van der Waals surface area contributed by atoms with Gasteiger partial charge in [0.25, 0.3) is 0 Å². The predicted molar refractivity (Wildman–Crippen MR) is 136 cm³/mol. The zero-order valence-corrected chi connectivity index (χ0v) is 21.3. The molecule has 1 unspecified atom stereocenters. The van der Waals surface area contributed by atoms with Crippen molar-refractivity contribution in [3.05, 3.63) is 101 Å². The summed E-state index contributed by atoms with van der Waals surface area (Å²) in [6.45, 7) is 0.495. The number of likely N-dealkylation sites (tertiary alicyclic amines) is 1. The zero-order valence-electron chi connectivity index (χ0n) is 20.5. The van der Waals surface area contributed by atoms with Crippen molar-refractivity contribution < 1.29 is 37.0 Å². The zero-order chi connectivity index (χ0) is 28.0. The van der Waals surface area contributed by atoms with E-state index in [1.807, 2.05) is 30.3 Å². The van der Waals surface area contributed by atoms with Crippen molar-refractivity contribution in [1.82, 2.24) is 10.2 Å². The molecule has 1 atom stereocenters. The molecule has 0 bridgehead atoms. The van der Waals surface area contributed by atoms with E-state index in [1.165, 1.54) is 4.90 Å². The van der Waals surface area contributed by atoms with Crippen LogP contribution in [0.3, 0.4) is 0 Å². The topological polar surface area (TPSA) is 84.9 Å². The van der Waals surface area contributed by atoms with Crippen molar-refractivity contribution in [2.75, 3.05) is 13.1 Å². The number of hydrogen-bond donors (Lipinski definition) is 1. The van der Waals surface area contributed by atoms with E-state index in [-0.39, 0.29) is 18.7 Å². The molecule has 0 radical (unpaired) electrons. The lowest BCUT2D eigenvalue weighted by atomic mass is 9.88. The lowest BCUT2D eigenvalue weighted by Gasteiger charge is -2.31. The van der Waals surface area contributed by atoms with Crippen molar-refractivity contribution in [2.24, 2.45) is 0 Å². The van der Waals surface area contributed by atoms with Gasteiger partial charge < -0.3 is 19.7 Å². The Morgan fingerprint density at radius 2 is 1.62 bits per heavy atom. The Morgan fingerprint density at radius 3 is 2.26 bits per heavy atom. The number of ether oxygens (including phenoxy) is 2. The second-order valence-corrected chi connectivity index (χ2v) is 9.46. The first kappa shape index (κ1) is 28.0. The largest absolute Gasteiger partial charge is 0.573 e. The van der Waals surface area contributed by atoms with Gasteiger partial charge in [0.2, 0.25) is 5.91 Å². The number of nitrogens with one attached hydrogen (secondary N) is 1. The lowest BCUT2D eigenvalue weighted by Crippen LogP contribution is -2.49. The van der Waals surface area contributed by atoms with E-state index in [4.69, 9.17) is 16.3 Å². The lowest BCUT2D eigenvalue weighted by molar-refractivity contribution is -0.274. The van der Waals surface area contributed by atoms with E-state index < -0.39 is 41.9 Å². The molecule has 0 spiro atoms. The highest BCUT2D eigenvalue weighted by Gasteiger charge is 2.43. The molecular weight excluding hydrogens is 537 g/mol. The number of benzene rings is 3. The standard InChI is InChI=1S/C28H24ClF3N2O5/c29-22-10-8-21(9-11-22)27(14-15-34(18-27)26(37)38-17-19-4-2-1-3-5-19)33-25(36)16-24(35)20-6-12-23(13-7-20)39-28(30,31)32/h1-13H,14-18H2,(H,33,36). The summed E-state index contributed by atoms with van der Waals surface area (Å²) in [7, 11) is 0. The number of amides is 2. The van der Waals surface area contributed by atoms with E-state index in [2.05, 4.69) is 10.1 Å². The Labute approximate surface area is 227 Å². The number of Topliss-reactive ketones (excluding diaryl/α,β-unsaturated/α-hetero) is 1. The van der Waals surface area contributed by atoms with Crippen LogP contribution < -0.4 is 10.1 Å². The molecule has 1 saturated heterocycles. The van der Waals surface area contributed by atoms with Crippen molar-refractivity contribution >= 4 is 29.4 Å². The maximum absolute atomic E-state index is 13.0.